The van der Waals surface area contributed by atoms with Crippen molar-refractivity contribution < 1.29 is 0 Å². The first-order valence-electron chi connectivity index (χ1n) is 5.71. The molecule has 2 heteroatoms. The molecule has 0 atom stereocenters. The highest BCUT2D eigenvalue weighted by Crippen LogP contribution is 2.36. The molecule has 1 saturated heterocycles. The van der Waals surface area contributed by atoms with Gasteiger partial charge in [-0.05, 0) is 63.5 Å². The molecule has 0 spiro atoms. The zero-order chi connectivity index (χ0) is 9.10. The Bertz CT molecular complexity index is 146. The number of halogens is 1. The topological polar surface area (TPSA) is 12.0 Å². The van der Waals surface area contributed by atoms with Gasteiger partial charge in [-0.1, -0.05) is 15.9 Å². The summed E-state index contributed by atoms with van der Waals surface area (Å²) in [6.45, 7) is 2.53. The molecule has 2 rings (SSSR count). The molecule has 2 aliphatic rings. The summed E-state index contributed by atoms with van der Waals surface area (Å²) in [5.41, 5.74) is 0. The standard InChI is InChI=1S/C11H20BrN/c12-11-3-1-9(2-4-11)10-5-7-13-8-6-10/h9-11,13H,1-8H2. The van der Waals surface area contributed by atoms with Crippen LogP contribution in [0.2, 0.25) is 0 Å². The van der Waals surface area contributed by atoms with Gasteiger partial charge in [0, 0.05) is 4.83 Å². The molecule has 1 saturated carbocycles. The lowest BCUT2D eigenvalue weighted by atomic mass is 9.76. The molecule has 0 aromatic carbocycles. The largest absolute Gasteiger partial charge is 0.317 e. The summed E-state index contributed by atoms with van der Waals surface area (Å²) < 4.78 is 0. The van der Waals surface area contributed by atoms with E-state index < -0.39 is 0 Å². The summed E-state index contributed by atoms with van der Waals surface area (Å²) in [5.74, 6) is 2.09. The van der Waals surface area contributed by atoms with Crippen LogP contribution in [0.3, 0.4) is 0 Å². The molecule has 1 aliphatic heterocycles. The third-order valence-corrected chi connectivity index (χ3v) is 4.67. The second-order valence-corrected chi connectivity index (χ2v) is 5.89. The van der Waals surface area contributed by atoms with Gasteiger partial charge in [0.1, 0.15) is 0 Å². The third-order valence-electron chi connectivity index (χ3n) is 3.75. The van der Waals surface area contributed by atoms with Gasteiger partial charge in [-0.15, -0.1) is 0 Å². The van der Waals surface area contributed by atoms with Gasteiger partial charge in [-0.25, -0.2) is 0 Å². The van der Waals surface area contributed by atoms with E-state index in [4.69, 9.17) is 0 Å². The van der Waals surface area contributed by atoms with E-state index in [9.17, 15) is 0 Å². The van der Waals surface area contributed by atoms with Gasteiger partial charge in [-0.3, -0.25) is 0 Å². The first-order chi connectivity index (χ1) is 6.36. The third kappa shape index (κ3) is 2.69. The molecule has 0 amide bonds. The van der Waals surface area contributed by atoms with Crippen molar-refractivity contribution in [3.8, 4) is 0 Å². The van der Waals surface area contributed by atoms with E-state index in [1.165, 1.54) is 51.6 Å². The van der Waals surface area contributed by atoms with E-state index >= 15 is 0 Å². The molecule has 1 aliphatic carbocycles. The molecule has 1 nitrogen and oxygen atoms in total. The maximum absolute atomic E-state index is 3.73. The number of hydrogen-bond acceptors (Lipinski definition) is 1. The molecule has 0 unspecified atom stereocenters. The highest BCUT2D eigenvalue weighted by atomic mass is 79.9. The SMILES string of the molecule is BrC1CCC(C2CCNCC2)CC1. The molecule has 13 heavy (non-hydrogen) atoms. The summed E-state index contributed by atoms with van der Waals surface area (Å²) in [5, 5.41) is 3.45. The Morgan fingerprint density at radius 1 is 0.769 bits per heavy atom. The Balaban J connectivity index is 1.79. The van der Waals surface area contributed by atoms with Crippen molar-refractivity contribution >= 4 is 15.9 Å². The van der Waals surface area contributed by atoms with Crippen molar-refractivity contribution in [2.24, 2.45) is 11.8 Å². The zero-order valence-corrected chi connectivity index (χ0v) is 9.85. The lowest BCUT2D eigenvalue weighted by molar-refractivity contribution is 0.207. The lowest BCUT2D eigenvalue weighted by Gasteiger charge is -2.34. The Labute approximate surface area is 89.8 Å². The summed E-state index contributed by atoms with van der Waals surface area (Å²) in [6, 6.07) is 0. The molecule has 2 fully saturated rings. The number of alkyl halides is 1. The minimum Gasteiger partial charge on any atom is -0.317 e. The molecule has 1 N–H and O–H groups in total. The second-order valence-electron chi connectivity index (χ2n) is 4.60. The van der Waals surface area contributed by atoms with Crippen LogP contribution >= 0.6 is 15.9 Å². The molecular weight excluding hydrogens is 226 g/mol. The van der Waals surface area contributed by atoms with Crippen LogP contribution in [0.1, 0.15) is 38.5 Å². The second kappa shape index (κ2) is 4.79. The van der Waals surface area contributed by atoms with Crippen LogP contribution in [0, 0.1) is 11.8 Å². The Kier molecular flexibility index (Phi) is 3.67. The monoisotopic (exact) mass is 245 g/mol. The van der Waals surface area contributed by atoms with Crippen LogP contribution in [-0.2, 0) is 0 Å². The van der Waals surface area contributed by atoms with Gasteiger partial charge < -0.3 is 5.32 Å². The molecule has 0 aromatic heterocycles. The van der Waals surface area contributed by atoms with Gasteiger partial charge >= 0.3 is 0 Å². The van der Waals surface area contributed by atoms with Crippen LogP contribution in [0.25, 0.3) is 0 Å². The van der Waals surface area contributed by atoms with Gasteiger partial charge in [0.25, 0.3) is 0 Å². The van der Waals surface area contributed by atoms with Crippen molar-refractivity contribution in [3.05, 3.63) is 0 Å². The van der Waals surface area contributed by atoms with E-state index in [1.807, 2.05) is 0 Å². The maximum atomic E-state index is 3.73. The van der Waals surface area contributed by atoms with E-state index in [-0.39, 0.29) is 0 Å². The van der Waals surface area contributed by atoms with E-state index in [1.54, 1.807) is 0 Å². The van der Waals surface area contributed by atoms with Crippen LogP contribution < -0.4 is 5.32 Å². The molecule has 0 radical (unpaired) electrons. The number of hydrogen-bond donors (Lipinski definition) is 1. The Morgan fingerprint density at radius 3 is 1.92 bits per heavy atom. The van der Waals surface area contributed by atoms with Crippen LogP contribution in [0.4, 0.5) is 0 Å². The predicted molar refractivity (Wildman–Crippen MR) is 60.3 cm³/mol. The van der Waals surface area contributed by atoms with Crippen molar-refractivity contribution in [1.29, 1.82) is 0 Å². The van der Waals surface area contributed by atoms with Gasteiger partial charge in [-0.2, -0.15) is 0 Å². The molecule has 0 bridgehead atoms. The highest BCUT2D eigenvalue weighted by Gasteiger charge is 2.27. The van der Waals surface area contributed by atoms with Crippen LogP contribution in [0.15, 0.2) is 0 Å². The Hall–Kier alpha value is 0.440. The summed E-state index contributed by atoms with van der Waals surface area (Å²) >= 11 is 3.73. The van der Waals surface area contributed by atoms with Gasteiger partial charge in [0.05, 0.1) is 0 Å². The Morgan fingerprint density at radius 2 is 1.31 bits per heavy atom. The number of nitrogens with one attached hydrogen (secondary N) is 1. The highest BCUT2D eigenvalue weighted by molar-refractivity contribution is 9.09. The smallest absolute Gasteiger partial charge is 0.0146 e. The van der Waals surface area contributed by atoms with Crippen LogP contribution in [-0.4, -0.2) is 17.9 Å². The van der Waals surface area contributed by atoms with Crippen molar-refractivity contribution in [2.45, 2.75) is 43.4 Å². The minimum atomic E-state index is 0.825. The molecule has 0 aromatic rings. The van der Waals surface area contributed by atoms with Crippen molar-refractivity contribution in [3.63, 3.8) is 0 Å². The van der Waals surface area contributed by atoms with E-state index in [2.05, 4.69) is 21.2 Å². The van der Waals surface area contributed by atoms with Crippen molar-refractivity contribution in [1.82, 2.24) is 5.32 Å². The number of piperidine rings is 1. The first-order valence-corrected chi connectivity index (χ1v) is 6.62. The molecule has 76 valence electrons. The van der Waals surface area contributed by atoms with E-state index in [0.29, 0.717) is 0 Å². The molecule has 1 heterocycles. The van der Waals surface area contributed by atoms with Gasteiger partial charge in [0.2, 0.25) is 0 Å². The summed E-state index contributed by atoms with van der Waals surface area (Å²) in [7, 11) is 0. The fourth-order valence-electron chi connectivity index (χ4n) is 2.87. The fourth-order valence-corrected chi connectivity index (χ4v) is 3.39. The lowest BCUT2D eigenvalue weighted by Crippen LogP contribution is -2.33. The fraction of sp³-hybridized carbons (Fsp3) is 1.00. The van der Waals surface area contributed by atoms with Crippen molar-refractivity contribution in [2.75, 3.05) is 13.1 Å². The summed E-state index contributed by atoms with van der Waals surface area (Å²) in [4.78, 5) is 0.825. The van der Waals surface area contributed by atoms with Crippen LogP contribution in [0.5, 0.6) is 0 Å². The average Bonchev–Trinajstić information content (AvgIpc) is 2.20. The number of rotatable bonds is 1. The minimum absolute atomic E-state index is 0.825. The average molecular weight is 246 g/mol. The zero-order valence-electron chi connectivity index (χ0n) is 8.27. The maximum Gasteiger partial charge on any atom is 0.0146 e. The summed E-state index contributed by atoms with van der Waals surface area (Å²) in [6.07, 6.45) is 8.62. The quantitative estimate of drug-likeness (QED) is 0.701. The first kappa shape index (κ1) is 9.97. The van der Waals surface area contributed by atoms with E-state index in [0.717, 1.165) is 16.7 Å². The predicted octanol–water partition coefficient (Wildman–Crippen LogP) is 2.94. The molecular formula is C11H20BrN. The van der Waals surface area contributed by atoms with Gasteiger partial charge in [0.15, 0.2) is 0 Å². The normalized spacial score (nSPS) is 37.6.